The van der Waals surface area contributed by atoms with E-state index >= 15 is 0 Å². The molecular formula is C12H9S3-. The van der Waals surface area contributed by atoms with E-state index in [2.05, 4.69) is 48.5 Å². The lowest BCUT2D eigenvalue weighted by Gasteiger charge is -2.17. The van der Waals surface area contributed by atoms with Gasteiger partial charge in [0.2, 0.25) is 0 Å². The van der Waals surface area contributed by atoms with Crippen LogP contribution in [0.3, 0.4) is 0 Å². The minimum absolute atomic E-state index is 0. The fraction of sp³-hybridized carbons (Fsp3) is 0. The molecule has 0 amide bonds. The smallest absolute Gasteiger partial charge is 1.00 e. The fourth-order valence-electron chi connectivity index (χ4n) is 1.47. The third-order valence-electron chi connectivity index (χ3n) is 2.14. The first-order chi connectivity index (χ1) is 6.93. The zero-order valence-corrected chi connectivity index (χ0v) is 10.3. The van der Waals surface area contributed by atoms with Crippen LogP contribution in [0.1, 0.15) is 1.43 Å². The number of fused-ring (bicyclic) bond motifs is 2. The Bertz CT molecular complexity index is 398. The molecule has 2 aromatic rings. The molecular weight excluding hydrogens is 240 g/mol. The summed E-state index contributed by atoms with van der Waals surface area (Å²) >= 11 is 3.72. The van der Waals surface area contributed by atoms with Crippen molar-refractivity contribution in [1.82, 2.24) is 0 Å². The van der Waals surface area contributed by atoms with Crippen LogP contribution in [0.2, 0.25) is 0 Å². The van der Waals surface area contributed by atoms with Gasteiger partial charge in [0.15, 0.2) is 0 Å². The molecule has 2 aromatic carbocycles. The highest BCUT2D eigenvalue weighted by molar-refractivity contribution is 8.05. The van der Waals surface area contributed by atoms with Gasteiger partial charge >= 0.3 is 1.43 Å². The number of hydrogen-bond acceptors (Lipinski definition) is 2. The Morgan fingerprint density at radius 3 is 1.13 bits per heavy atom. The van der Waals surface area contributed by atoms with Gasteiger partial charge in [0.1, 0.15) is 0 Å². The van der Waals surface area contributed by atoms with E-state index < -0.39 is 0 Å². The van der Waals surface area contributed by atoms with Crippen molar-refractivity contribution in [3.8, 4) is 0 Å². The molecule has 3 rings (SSSR count). The third-order valence-corrected chi connectivity index (χ3v) is 4.70. The molecule has 0 saturated heterocycles. The van der Waals surface area contributed by atoms with Gasteiger partial charge in [-0.3, -0.25) is 0 Å². The predicted octanol–water partition coefficient (Wildman–Crippen LogP) is 4.41. The summed E-state index contributed by atoms with van der Waals surface area (Å²) in [6.45, 7) is 0. The molecule has 1 aliphatic rings. The molecule has 76 valence electrons. The van der Waals surface area contributed by atoms with Crippen molar-refractivity contribution in [2.75, 3.05) is 0 Å². The van der Waals surface area contributed by atoms with Crippen LogP contribution in [0.5, 0.6) is 0 Å². The molecule has 0 N–H and O–H groups in total. The molecule has 0 fully saturated rings. The lowest BCUT2D eigenvalue weighted by molar-refractivity contribution is 1.16. The highest BCUT2D eigenvalue weighted by Crippen LogP contribution is 2.47. The monoisotopic (exact) mass is 249 g/mol. The Labute approximate surface area is 106 Å². The summed E-state index contributed by atoms with van der Waals surface area (Å²) in [4.78, 5) is 5.49. The number of rotatable bonds is 0. The van der Waals surface area contributed by atoms with Crippen molar-refractivity contribution in [1.29, 1.82) is 0 Å². The van der Waals surface area contributed by atoms with Crippen molar-refractivity contribution in [3.05, 3.63) is 48.5 Å². The molecule has 0 aromatic heterocycles. The fourth-order valence-corrected chi connectivity index (χ4v) is 3.71. The van der Waals surface area contributed by atoms with Crippen LogP contribution in [-0.2, 0) is 13.5 Å². The molecule has 0 unspecified atom stereocenters. The van der Waals surface area contributed by atoms with Crippen LogP contribution in [0.15, 0.2) is 68.1 Å². The summed E-state index contributed by atoms with van der Waals surface area (Å²) in [5, 5.41) is 0. The molecule has 3 heteroatoms. The minimum atomic E-state index is 0. The van der Waals surface area contributed by atoms with Crippen LogP contribution in [0.25, 0.3) is 0 Å². The maximum atomic E-state index is 2.18. The van der Waals surface area contributed by atoms with E-state index in [1.54, 1.807) is 0 Å². The van der Waals surface area contributed by atoms with Crippen LogP contribution in [0, 0.1) is 0 Å². The predicted molar refractivity (Wildman–Crippen MR) is 69.6 cm³/mol. The van der Waals surface area contributed by atoms with Crippen molar-refractivity contribution >= 4 is 37.0 Å². The van der Waals surface area contributed by atoms with Crippen LogP contribution >= 0.6 is 23.5 Å². The summed E-state index contributed by atoms with van der Waals surface area (Å²) in [7, 11) is 0. The molecule has 0 bridgehead atoms. The second-order valence-corrected chi connectivity index (χ2v) is 5.27. The Morgan fingerprint density at radius 1 is 0.600 bits per heavy atom. The summed E-state index contributed by atoms with van der Waals surface area (Å²) in [5.41, 5.74) is 0. The normalized spacial score (nSPS) is 12.3. The van der Waals surface area contributed by atoms with Gasteiger partial charge in [-0.1, -0.05) is 47.8 Å². The van der Waals surface area contributed by atoms with Gasteiger partial charge in [-0.05, 0) is 24.3 Å². The molecule has 1 aliphatic heterocycles. The zero-order valence-electron chi connectivity index (χ0n) is 8.84. The number of benzene rings is 2. The largest absolute Gasteiger partial charge is 2.00 e. The molecule has 0 nitrogen and oxygen atoms in total. The Hall–Kier alpha value is -0.510. The van der Waals surface area contributed by atoms with E-state index in [0.717, 1.165) is 0 Å². The Balaban J connectivity index is 0.000000640. The molecule has 0 atom stereocenters. The van der Waals surface area contributed by atoms with Crippen molar-refractivity contribution in [2.45, 2.75) is 19.6 Å². The van der Waals surface area contributed by atoms with E-state index in [-0.39, 0.29) is 14.9 Å². The summed E-state index contributed by atoms with van der Waals surface area (Å²) in [5.74, 6) is 0. The van der Waals surface area contributed by atoms with Gasteiger partial charge in [-0.25, -0.2) is 0 Å². The van der Waals surface area contributed by atoms with Gasteiger partial charge < -0.3 is 13.5 Å². The maximum absolute atomic E-state index is 2.18. The first-order valence-corrected chi connectivity index (χ1v) is 6.10. The van der Waals surface area contributed by atoms with Gasteiger partial charge in [-0.2, -0.15) is 0 Å². The first kappa shape index (κ1) is 11.0. The average Bonchev–Trinajstić information content (AvgIpc) is 2.26. The zero-order chi connectivity index (χ0) is 9.38. The quantitative estimate of drug-likeness (QED) is 0.578. The van der Waals surface area contributed by atoms with E-state index in [1.165, 1.54) is 19.6 Å². The van der Waals surface area contributed by atoms with Gasteiger partial charge in [-0.15, -0.1) is 0 Å². The second-order valence-electron chi connectivity index (χ2n) is 3.10. The average molecular weight is 249 g/mol. The van der Waals surface area contributed by atoms with Crippen molar-refractivity contribution in [2.24, 2.45) is 0 Å². The summed E-state index contributed by atoms with van der Waals surface area (Å²) in [6.07, 6.45) is 0. The first-order valence-electron chi connectivity index (χ1n) is 4.47. The van der Waals surface area contributed by atoms with Crippen molar-refractivity contribution in [3.63, 3.8) is 0 Å². The Kier molecular flexibility index (Phi) is 3.34. The van der Waals surface area contributed by atoms with Crippen LogP contribution in [0.4, 0.5) is 0 Å². The highest BCUT2D eigenvalue weighted by atomic mass is 32.2. The highest BCUT2D eigenvalue weighted by Gasteiger charge is 2.14. The molecule has 1 heterocycles. The molecule has 0 radical (unpaired) electrons. The van der Waals surface area contributed by atoms with Crippen LogP contribution < -0.4 is 0 Å². The van der Waals surface area contributed by atoms with E-state index in [9.17, 15) is 0 Å². The topological polar surface area (TPSA) is 0 Å². The molecule has 0 aliphatic carbocycles. The van der Waals surface area contributed by atoms with Gasteiger partial charge in [0.05, 0.1) is 0 Å². The van der Waals surface area contributed by atoms with E-state index in [1.807, 2.05) is 23.5 Å². The van der Waals surface area contributed by atoms with E-state index in [4.69, 9.17) is 0 Å². The van der Waals surface area contributed by atoms with Crippen LogP contribution in [-0.4, -0.2) is 0 Å². The molecule has 0 spiro atoms. The van der Waals surface area contributed by atoms with Gasteiger partial charge in [0, 0.05) is 19.6 Å². The van der Waals surface area contributed by atoms with Crippen molar-refractivity contribution < 1.29 is 1.43 Å². The van der Waals surface area contributed by atoms with Gasteiger partial charge in [0.25, 0.3) is 0 Å². The SMILES string of the molecule is [H+].[S-2].c1ccc2c(c1)Sc1ccccc1S2. The molecule has 15 heavy (non-hydrogen) atoms. The standard InChI is InChI=1S/C12H8S2.S/c1-2-6-10-9(5-1)13-11-7-3-4-8-12(11)14-10;/h1-8H;/q;-2/p+1. The maximum Gasteiger partial charge on any atom is 1.00 e. The lowest BCUT2D eigenvalue weighted by Crippen LogP contribution is -1.87. The second kappa shape index (κ2) is 4.56. The number of hydrogen-bond donors (Lipinski definition) is 0. The summed E-state index contributed by atoms with van der Waals surface area (Å²) < 4.78 is 0. The lowest BCUT2D eigenvalue weighted by atomic mass is 10.3. The minimum Gasteiger partial charge on any atom is -2.00 e. The van der Waals surface area contributed by atoms with E-state index in [0.29, 0.717) is 0 Å². The third kappa shape index (κ3) is 2.05. The summed E-state index contributed by atoms with van der Waals surface area (Å²) in [6, 6.07) is 17.1. The molecule has 0 saturated carbocycles. The Morgan fingerprint density at radius 2 is 0.867 bits per heavy atom.